The number of benzene rings is 1. The fraction of sp³-hybridized carbons (Fsp3) is 0.500. The molecular weight excluding hydrogens is 350 g/mol. The molecule has 0 aliphatic heterocycles. The minimum atomic E-state index is -0.269. The molecule has 2 rings (SSSR count). The summed E-state index contributed by atoms with van der Waals surface area (Å²) in [6.45, 7) is 5.26. The zero-order valence-electron chi connectivity index (χ0n) is 15.5. The Bertz CT molecular complexity index is 671. The number of carbonyl (C=O) groups is 2. The van der Waals surface area contributed by atoms with Gasteiger partial charge < -0.3 is 16.0 Å². The Morgan fingerprint density at radius 3 is 2.65 bits per heavy atom. The standard InChI is InChI=1S/C20H28ClN3O2/c1-14(2)13-23-19(25)17-9-8-16(12-18(17)21)24-20(26)22-11-10-15-6-4-3-5-7-15/h6,8-9,12,14H,3-5,7,10-11,13H2,1-2H3,(H,23,25)(H2,22,24,26). The zero-order chi connectivity index (χ0) is 18.9. The quantitative estimate of drug-likeness (QED) is 0.601. The van der Waals surface area contributed by atoms with Crippen molar-refractivity contribution < 1.29 is 9.59 Å². The van der Waals surface area contributed by atoms with Gasteiger partial charge in [-0.2, -0.15) is 0 Å². The number of carbonyl (C=O) groups excluding carboxylic acids is 2. The first-order chi connectivity index (χ1) is 12.5. The molecule has 1 aliphatic carbocycles. The van der Waals surface area contributed by atoms with Crippen molar-refractivity contribution in [2.24, 2.45) is 5.92 Å². The van der Waals surface area contributed by atoms with Gasteiger partial charge in [-0.05, 0) is 56.2 Å². The molecule has 0 spiro atoms. The lowest BCUT2D eigenvalue weighted by Crippen LogP contribution is -2.30. The van der Waals surface area contributed by atoms with E-state index in [2.05, 4.69) is 22.0 Å². The normalized spacial score (nSPS) is 13.9. The van der Waals surface area contributed by atoms with E-state index in [9.17, 15) is 9.59 Å². The van der Waals surface area contributed by atoms with E-state index in [1.54, 1.807) is 18.2 Å². The van der Waals surface area contributed by atoms with Crippen LogP contribution < -0.4 is 16.0 Å². The van der Waals surface area contributed by atoms with Gasteiger partial charge in [-0.15, -0.1) is 0 Å². The topological polar surface area (TPSA) is 70.2 Å². The van der Waals surface area contributed by atoms with Gasteiger partial charge >= 0.3 is 6.03 Å². The molecule has 0 aromatic heterocycles. The Morgan fingerprint density at radius 1 is 1.19 bits per heavy atom. The van der Waals surface area contributed by atoms with Crippen molar-refractivity contribution in [1.29, 1.82) is 0 Å². The van der Waals surface area contributed by atoms with E-state index in [1.165, 1.54) is 18.4 Å². The van der Waals surface area contributed by atoms with Gasteiger partial charge in [0.1, 0.15) is 0 Å². The van der Waals surface area contributed by atoms with Gasteiger partial charge in [-0.25, -0.2) is 4.79 Å². The molecule has 0 saturated heterocycles. The molecule has 1 aliphatic rings. The smallest absolute Gasteiger partial charge is 0.319 e. The highest BCUT2D eigenvalue weighted by Crippen LogP contribution is 2.21. The highest BCUT2D eigenvalue weighted by molar-refractivity contribution is 6.34. The summed E-state index contributed by atoms with van der Waals surface area (Å²) in [5.41, 5.74) is 2.39. The Labute approximate surface area is 160 Å². The van der Waals surface area contributed by atoms with Gasteiger partial charge in [-0.3, -0.25) is 4.79 Å². The molecule has 26 heavy (non-hydrogen) atoms. The second-order valence-corrected chi connectivity index (χ2v) is 7.44. The van der Waals surface area contributed by atoms with Gasteiger partial charge in [0.05, 0.1) is 10.6 Å². The first-order valence-electron chi connectivity index (χ1n) is 9.26. The van der Waals surface area contributed by atoms with E-state index in [0.29, 0.717) is 35.3 Å². The molecule has 0 fully saturated rings. The Balaban J connectivity index is 1.81. The van der Waals surface area contributed by atoms with Gasteiger partial charge in [0.25, 0.3) is 5.91 Å². The molecule has 0 bridgehead atoms. The number of anilines is 1. The Morgan fingerprint density at radius 2 is 2.00 bits per heavy atom. The van der Waals surface area contributed by atoms with Crippen LogP contribution in [0.1, 0.15) is 56.3 Å². The minimum Gasteiger partial charge on any atom is -0.352 e. The number of halogens is 1. The predicted molar refractivity (Wildman–Crippen MR) is 107 cm³/mol. The molecule has 0 unspecified atom stereocenters. The van der Waals surface area contributed by atoms with Crippen LogP contribution in [0.25, 0.3) is 0 Å². The van der Waals surface area contributed by atoms with Crippen LogP contribution in [-0.4, -0.2) is 25.0 Å². The summed E-state index contributed by atoms with van der Waals surface area (Å²) in [6.07, 6.45) is 7.97. The summed E-state index contributed by atoms with van der Waals surface area (Å²) in [5, 5.41) is 8.75. The summed E-state index contributed by atoms with van der Waals surface area (Å²) >= 11 is 6.19. The molecule has 142 valence electrons. The third-order valence-electron chi connectivity index (χ3n) is 4.26. The lowest BCUT2D eigenvalue weighted by atomic mass is 9.97. The number of hydrogen-bond acceptors (Lipinski definition) is 2. The van der Waals surface area contributed by atoms with Crippen LogP contribution in [0.5, 0.6) is 0 Å². The largest absolute Gasteiger partial charge is 0.352 e. The van der Waals surface area contributed by atoms with Crippen LogP contribution in [0.4, 0.5) is 10.5 Å². The van der Waals surface area contributed by atoms with Crippen LogP contribution in [-0.2, 0) is 0 Å². The van der Waals surface area contributed by atoms with Crippen molar-refractivity contribution in [2.45, 2.75) is 46.0 Å². The Hall–Kier alpha value is -2.01. The molecular formula is C20H28ClN3O2. The highest BCUT2D eigenvalue weighted by Gasteiger charge is 2.12. The van der Waals surface area contributed by atoms with E-state index in [1.807, 2.05) is 13.8 Å². The van der Waals surface area contributed by atoms with Gasteiger partial charge in [0, 0.05) is 18.8 Å². The molecule has 3 amide bonds. The van der Waals surface area contributed by atoms with Crippen molar-refractivity contribution in [3.63, 3.8) is 0 Å². The molecule has 0 radical (unpaired) electrons. The Kier molecular flexibility index (Phi) is 7.98. The summed E-state index contributed by atoms with van der Waals surface area (Å²) in [6, 6.07) is 4.63. The number of urea groups is 1. The molecule has 0 saturated carbocycles. The highest BCUT2D eigenvalue weighted by atomic mass is 35.5. The average Bonchev–Trinajstić information content (AvgIpc) is 2.60. The van der Waals surface area contributed by atoms with Crippen LogP contribution in [0, 0.1) is 5.92 Å². The number of amides is 3. The lowest BCUT2D eigenvalue weighted by molar-refractivity contribution is 0.0949. The average molecular weight is 378 g/mol. The van der Waals surface area contributed by atoms with E-state index in [0.717, 1.165) is 19.3 Å². The van der Waals surface area contributed by atoms with Gasteiger partial charge in [-0.1, -0.05) is 37.1 Å². The maximum absolute atomic E-state index is 12.1. The summed E-state index contributed by atoms with van der Waals surface area (Å²) in [5.74, 6) is 0.159. The molecule has 0 heterocycles. The molecule has 1 aromatic rings. The second-order valence-electron chi connectivity index (χ2n) is 7.04. The maximum atomic E-state index is 12.1. The van der Waals surface area contributed by atoms with Gasteiger partial charge in [0.2, 0.25) is 0 Å². The molecule has 0 atom stereocenters. The molecule has 6 heteroatoms. The molecule has 5 nitrogen and oxygen atoms in total. The van der Waals surface area contributed by atoms with Crippen LogP contribution in [0.15, 0.2) is 29.8 Å². The third kappa shape index (κ3) is 6.71. The third-order valence-corrected chi connectivity index (χ3v) is 4.57. The van der Waals surface area contributed by atoms with Crippen molar-refractivity contribution in [2.75, 3.05) is 18.4 Å². The van der Waals surface area contributed by atoms with Crippen molar-refractivity contribution in [3.8, 4) is 0 Å². The van der Waals surface area contributed by atoms with Crippen molar-refractivity contribution >= 4 is 29.2 Å². The summed E-state index contributed by atoms with van der Waals surface area (Å²) in [7, 11) is 0. The SMILES string of the molecule is CC(C)CNC(=O)c1ccc(NC(=O)NCCC2=CCCCC2)cc1Cl. The predicted octanol–water partition coefficient (Wildman–Crippen LogP) is 4.74. The maximum Gasteiger partial charge on any atom is 0.319 e. The van der Waals surface area contributed by atoms with Crippen LogP contribution in [0.3, 0.4) is 0 Å². The minimum absolute atomic E-state index is 0.208. The number of hydrogen-bond donors (Lipinski definition) is 3. The lowest BCUT2D eigenvalue weighted by Gasteiger charge is -2.14. The van der Waals surface area contributed by atoms with Gasteiger partial charge in [0.15, 0.2) is 0 Å². The van der Waals surface area contributed by atoms with Crippen LogP contribution >= 0.6 is 11.6 Å². The number of rotatable bonds is 7. The van der Waals surface area contributed by atoms with Crippen LogP contribution in [0.2, 0.25) is 5.02 Å². The van der Waals surface area contributed by atoms with E-state index < -0.39 is 0 Å². The fourth-order valence-corrected chi connectivity index (χ4v) is 3.08. The summed E-state index contributed by atoms with van der Waals surface area (Å²) < 4.78 is 0. The molecule has 1 aromatic carbocycles. The van der Waals surface area contributed by atoms with E-state index in [-0.39, 0.29) is 11.9 Å². The van der Waals surface area contributed by atoms with Crippen molar-refractivity contribution in [1.82, 2.24) is 10.6 Å². The van der Waals surface area contributed by atoms with E-state index in [4.69, 9.17) is 11.6 Å². The first-order valence-corrected chi connectivity index (χ1v) is 9.64. The zero-order valence-corrected chi connectivity index (χ0v) is 16.3. The summed E-state index contributed by atoms with van der Waals surface area (Å²) in [4.78, 5) is 24.1. The monoisotopic (exact) mass is 377 g/mol. The second kappa shape index (κ2) is 10.2. The number of allylic oxidation sites excluding steroid dienone is 1. The first kappa shape index (κ1) is 20.3. The molecule has 3 N–H and O–H groups in total. The number of nitrogens with one attached hydrogen (secondary N) is 3. The fourth-order valence-electron chi connectivity index (χ4n) is 2.81. The van der Waals surface area contributed by atoms with Crippen molar-refractivity contribution in [3.05, 3.63) is 40.4 Å². The van der Waals surface area contributed by atoms with E-state index >= 15 is 0 Å².